The molecule has 2 aromatic heterocycles. The number of hydrogen-bond donors (Lipinski definition) is 1. The standard InChI is InChI=1S/C18H24N6O2/c1-2-14(24-8-3-7-21-24)16(25)23-9-5-18(6-10-23)15-13(4-11-26-18)12-20-17(19)22-15/h3,7-8,12,14H,2,4-6,9-11H2,1H3,(H2,19,20,22). The summed E-state index contributed by atoms with van der Waals surface area (Å²) in [6, 6.07) is 1.59. The Morgan fingerprint density at radius 1 is 1.42 bits per heavy atom. The van der Waals surface area contributed by atoms with Crippen molar-refractivity contribution in [3.8, 4) is 0 Å². The van der Waals surface area contributed by atoms with E-state index in [-0.39, 0.29) is 17.9 Å². The van der Waals surface area contributed by atoms with Crippen molar-refractivity contribution < 1.29 is 9.53 Å². The highest BCUT2D eigenvalue weighted by atomic mass is 16.5. The molecule has 2 N–H and O–H groups in total. The highest BCUT2D eigenvalue weighted by Gasteiger charge is 2.44. The van der Waals surface area contributed by atoms with E-state index in [0.29, 0.717) is 26.1 Å². The van der Waals surface area contributed by atoms with Crippen molar-refractivity contribution in [1.82, 2.24) is 24.6 Å². The van der Waals surface area contributed by atoms with Gasteiger partial charge in [-0.3, -0.25) is 9.48 Å². The number of nitrogens with two attached hydrogens (primary N) is 1. The summed E-state index contributed by atoms with van der Waals surface area (Å²) in [5, 5.41) is 4.24. The van der Waals surface area contributed by atoms with Crippen molar-refractivity contribution >= 4 is 11.9 Å². The molecule has 1 saturated heterocycles. The van der Waals surface area contributed by atoms with Gasteiger partial charge in [-0.15, -0.1) is 0 Å². The molecule has 4 heterocycles. The van der Waals surface area contributed by atoms with E-state index in [2.05, 4.69) is 15.1 Å². The van der Waals surface area contributed by atoms with Gasteiger partial charge in [-0.25, -0.2) is 9.97 Å². The lowest BCUT2D eigenvalue weighted by molar-refractivity contribution is -0.144. The van der Waals surface area contributed by atoms with Crippen LogP contribution < -0.4 is 5.73 Å². The van der Waals surface area contributed by atoms with Crippen LogP contribution in [0.4, 0.5) is 5.95 Å². The number of likely N-dealkylation sites (tertiary alicyclic amines) is 1. The summed E-state index contributed by atoms with van der Waals surface area (Å²) in [6.45, 7) is 3.94. The second-order valence-corrected chi connectivity index (χ2v) is 6.93. The quantitative estimate of drug-likeness (QED) is 0.890. The lowest BCUT2D eigenvalue weighted by Gasteiger charge is -2.44. The molecule has 4 rings (SSSR count). The summed E-state index contributed by atoms with van der Waals surface area (Å²) < 4.78 is 7.92. The number of nitrogens with zero attached hydrogens (tertiary/aromatic N) is 5. The molecule has 1 amide bonds. The predicted octanol–water partition coefficient (Wildman–Crippen LogP) is 1.30. The average molecular weight is 356 g/mol. The average Bonchev–Trinajstić information content (AvgIpc) is 3.18. The Morgan fingerprint density at radius 2 is 2.23 bits per heavy atom. The monoisotopic (exact) mass is 356 g/mol. The minimum Gasteiger partial charge on any atom is -0.368 e. The van der Waals surface area contributed by atoms with Gasteiger partial charge in [0, 0.05) is 31.7 Å². The fourth-order valence-corrected chi connectivity index (χ4v) is 4.04. The molecular formula is C18H24N6O2. The van der Waals surface area contributed by atoms with Crippen molar-refractivity contribution in [1.29, 1.82) is 0 Å². The molecule has 2 aliphatic rings. The van der Waals surface area contributed by atoms with Crippen LogP contribution in [-0.2, 0) is 21.6 Å². The number of fused-ring (bicyclic) bond motifs is 2. The van der Waals surface area contributed by atoms with E-state index in [0.717, 1.165) is 30.5 Å². The van der Waals surface area contributed by atoms with Crippen LogP contribution in [-0.4, -0.2) is 50.3 Å². The number of rotatable bonds is 3. The summed E-state index contributed by atoms with van der Waals surface area (Å²) in [4.78, 5) is 23.5. The van der Waals surface area contributed by atoms with E-state index in [1.165, 1.54) is 0 Å². The van der Waals surface area contributed by atoms with Crippen LogP contribution in [0.15, 0.2) is 24.7 Å². The second-order valence-electron chi connectivity index (χ2n) is 6.93. The van der Waals surface area contributed by atoms with Gasteiger partial charge in [-0.2, -0.15) is 5.10 Å². The molecule has 26 heavy (non-hydrogen) atoms. The van der Waals surface area contributed by atoms with Crippen molar-refractivity contribution in [2.45, 2.75) is 44.2 Å². The summed E-state index contributed by atoms with van der Waals surface area (Å²) in [5.74, 6) is 0.390. The van der Waals surface area contributed by atoms with Crippen LogP contribution in [0.5, 0.6) is 0 Å². The molecule has 8 nitrogen and oxygen atoms in total. The van der Waals surface area contributed by atoms with Gasteiger partial charge in [-0.1, -0.05) is 6.92 Å². The van der Waals surface area contributed by atoms with Crippen LogP contribution in [0.3, 0.4) is 0 Å². The van der Waals surface area contributed by atoms with Crippen LogP contribution in [0.25, 0.3) is 0 Å². The number of nitrogen functional groups attached to an aromatic ring is 1. The zero-order valence-electron chi connectivity index (χ0n) is 15.0. The molecule has 1 unspecified atom stereocenters. The summed E-state index contributed by atoms with van der Waals surface area (Å²) in [5.41, 5.74) is 7.37. The molecule has 0 bridgehead atoms. The number of aromatic nitrogens is 4. The molecule has 0 aromatic carbocycles. The maximum Gasteiger partial charge on any atom is 0.247 e. The van der Waals surface area contributed by atoms with Gasteiger partial charge in [-0.05, 0) is 37.3 Å². The van der Waals surface area contributed by atoms with Gasteiger partial charge < -0.3 is 15.4 Å². The number of anilines is 1. The first-order valence-electron chi connectivity index (χ1n) is 9.17. The molecule has 0 saturated carbocycles. The lowest BCUT2D eigenvalue weighted by Crippen LogP contribution is -2.50. The Kier molecular flexibility index (Phi) is 4.36. The lowest BCUT2D eigenvalue weighted by atomic mass is 9.83. The first kappa shape index (κ1) is 17.0. The van der Waals surface area contributed by atoms with E-state index in [4.69, 9.17) is 10.5 Å². The zero-order valence-corrected chi connectivity index (χ0v) is 15.0. The molecule has 2 aliphatic heterocycles. The van der Waals surface area contributed by atoms with Gasteiger partial charge >= 0.3 is 0 Å². The Labute approximate surface area is 152 Å². The molecule has 8 heteroatoms. The zero-order chi connectivity index (χ0) is 18.1. The van der Waals surface area contributed by atoms with E-state index < -0.39 is 5.60 Å². The van der Waals surface area contributed by atoms with Crippen LogP contribution >= 0.6 is 0 Å². The number of hydrogen-bond acceptors (Lipinski definition) is 6. The van der Waals surface area contributed by atoms with Crippen LogP contribution in [0.1, 0.15) is 43.5 Å². The van der Waals surface area contributed by atoms with E-state index >= 15 is 0 Å². The minimum atomic E-state index is -0.450. The largest absolute Gasteiger partial charge is 0.368 e. The van der Waals surface area contributed by atoms with Gasteiger partial charge in [0.25, 0.3) is 0 Å². The van der Waals surface area contributed by atoms with Crippen LogP contribution in [0.2, 0.25) is 0 Å². The summed E-state index contributed by atoms with van der Waals surface area (Å²) in [7, 11) is 0. The molecule has 0 aliphatic carbocycles. The number of amides is 1. The van der Waals surface area contributed by atoms with E-state index in [1.54, 1.807) is 10.9 Å². The topological polar surface area (TPSA) is 99.2 Å². The fraction of sp³-hybridized carbons (Fsp3) is 0.556. The third-order valence-corrected chi connectivity index (χ3v) is 5.46. The van der Waals surface area contributed by atoms with E-state index in [1.807, 2.05) is 30.3 Å². The second kappa shape index (κ2) is 6.68. The number of ether oxygens (including phenoxy) is 1. The molecule has 1 spiro atoms. The molecule has 1 fully saturated rings. The highest BCUT2D eigenvalue weighted by Crippen LogP contribution is 2.40. The van der Waals surface area contributed by atoms with Crippen molar-refractivity contribution in [3.63, 3.8) is 0 Å². The number of carbonyl (C=O) groups excluding carboxylic acids is 1. The van der Waals surface area contributed by atoms with Gasteiger partial charge in [0.1, 0.15) is 11.6 Å². The fourth-order valence-electron chi connectivity index (χ4n) is 4.04. The third kappa shape index (κ3) is 2.84. The molecule has 0 radical (unpaired) electrons. The third-order valence-electron chi connectivity index (χ3n) is 5.46. The van der Waals surface area contributed by atoms with Gasteiger partial charge in [0.2, 0.25) is 11.9 Å². The Morgan fingerprint density at radius 3 is 2.92 bits per heavy atom. The first-order valence-corrected chi connectivity index (χ1v) is 9.17. The van der Waals surface area contributed by atoms with E-state index in [9.17, 15) is 4.79 Å². The summed E-state index contributed by atoms with van der Waals surface area (Å²) in [6.07, 6.45) is 8.32. The van der Waals surface area contributed by atoms with Crippen molar-refractivity contribution in [3.05, 3.63) is 35.9 Å². The summed E-state index contributed by atoms with van der Waals surface area (Å²) >= 11 is 0. The van der Waals surface area contributed by atoms with Gasteiger partial charge in [0.05, 0.1) is 12.3 Å². The molecular weight excluding hydrogens is 332 g/mol. The molecule has 138 valence electrons. The highest BCUT2D eigenvalue weighted by molar-refractivity contribution is 5.80. The Balaban J connectivity index is 1.51. The SMILES string of the molecule is CCC(C(=O)N1CCC2(CC1)OCCc1cnc(N)nc12)n1cccn1. The number of carbonyl (C=O) groups is 1. The smallest absolute Gasteiger partial charge is 0.247 e. The molecule has 1 atom stereocenters. The molecule has 2 aromatic rings. The van der Waals surface area contributed by atoms with Crippen molar-refractivity contribution in [2.24, 2.45) is 0 Å². The maximum absolute atomic E-state index is 13.0. The normalized spacial score (nSPS) is 20.0. The Bertz CT molecular complexity index is 783. The van der Waals surface area contributed by atoms with Crippen LogP contribution in [0, 0.1) is 0 Å². The number of piperidine rings is 1. The minimum absolute atomic E-state index is 0.115. The van der Waals surface area contributed by atoms with Crippen molar-refractivity contribution in [2.75, 3.05) is 25.4 Å². The first-order chi connectivity index (χ1) is 12.6. The van der Waals surface area contributed by atoms with Gasteiger partial charge in [0.15, 0.2) is 0 Å². The predicted molar refractivity (Wildman–Crippen MR) is 95.1 cm³/mol. The maximum atomic E-state index is 13.0. The Hall–Kier alpha value is -2.48.